The lowest BCUT2D eigenvalue weighted by molar-refractivity contribution is 0.416. The number of nitrogen functional groups attached to an aromatic ring is 1. The Bertz CT molecular complexity index is 590. The van der Waals surface area contributed by atoms with Crippen LogP contribution in [0.1, 0.15) is 26.6 Å². The van der Waals surface area contributed by atoms with E-state index in [1.165, 1.54) is 0 Å². The molecule has 0 amide bonds. The highest BCUT2D eigenvalue weighted by Crippen LogP contribution is 2.28. The molecule has 0 radical (unpaired) electrons. The molecule has 0 saturated heterocycles. The van der Waals surface area contributed by atoms with Crippen molar-refractivity contribution in [2.24, 2.45) is 0 Å². The van der Waals surface area contributed by atoms with Crippen LogP contribution >= 0.6 is 0 Å². The van der Waals surface area contributed by atoms with E-state index in [-0.39, 0.29) is 11.4 Å². The van der Waals surface area contributed by atoms with Crippen LogP contribution in [0.4, 0.5) is 5.95 Å². The van der Waals surface area contributed by atoms with E-state index < -0.39 is 0 Å². The molecule has 0 spiro atoms. The minimum atomic E-state index is -0.187. The summed E-state index contributed by atoms with van der Waals surface area (Å²) in [7, 11) is 1.62. The average molecular weight is 258 g/mol. The quantitative estimate of drug-likeness (QED) is 0.895. The fourth-order valence-corrected chi connectivity index (χ4v) is 1.68. The molecule has 1 heterocycles. The summed E-state index contributed by atoms with van der Waals surface area (Å²) in [5.41, 5.74) is 6.41. The molecule has 5 nitrogen and oxygen atoms in total. The molecule has 0 fully saturated rings. The van der Waals surface area contributed by atoms with Crippen LogP contribution in [0.5, 0.6) is 5.75 Å². The highest BCUT2D eigenvalue weighted by Gasteiger charge is 2.20. The lowest BCUT2D eigenvalue weighted by Crippen LogP contribution is -2.18. The molecule has 2 rings (SSSR count). The molecule has 1 aromatic carbocycles. The van der Waals surface area contributed by atoms with Gasteiger partial charge in [0.2, 0.25) is 5.95 Å². The van der Waals surface area contributed by atoms with Gasteiger partial charge in [-0.3, -0.25) is 0 Å². The lowest BCUT2D eigenvalue weighted by Gasteiger charge is -2.17. The van der Waals surface area contributed by atoms with Gasteiger partial charge in [0.1, 0.15) is 11.6 Å². The number of rotatable bonds is 2. The number of aromatic nitrogens is 3. The molecule has 0 aliphatic rings. The van der Waals surface area contributed by atoms with Gasteiger partial charge in [0, 0.05) is 5.41 Å². The molecule has 2 aromatic rings. The summed E-state index contributed by atoms with van der Waals surface area (Å²) in [6.45, 7) is 6.11. The van der Waals surface area contributed by atoms with Gasteiger partial charge >= 0.3 is 0 Å². The van der Waals surface area contributed by atoms with E-state index >= 15 is 0 Å². The van der Waals surface area contributed by atoms with Crippen LogP contribution in [0, 0.1) is 0 Å². The lowest BCUT2D eigenvalue weighted by atomic mass is 9.96. The van der Waals surface area contributed by atoms with Crippen LogP contribution in [0.3, 0.4) is 0 Å². The Morgan fingerprint density at radius 3 is 2.37 bits per heavy atom. The number of nitrogens with zero attached hydrogens (tertiary/aromatic N) is 3. The first-order valence-electron chi connectivity index (χ1n) is 6.07. The van der Waals surface area contributed by atoms with Crippen LogP contribution < -0.4 is 10.5 Å². The van der Waals surface area contributed by atoms with Gasteiger partial charge in [0.15, 0.2) is 5.82 Å². The summed E-state index contributed by atoms with van der Waals surface area (Å²) < 4.78 is 5.32. The second-order valence-electron chi connectivity index (χ2n) is 5.29. The Kier molecular flexibility index (Phi) is 3.38. The fraction of sp³-hybridized carbons (Fsp3) is 0.357. The second kappa shape index (κ2) is 4.84. The van der Waals surface area contributed by atoms with Crippen LogP contribution in [0.2, 0.25) is 0 Å². The van der Waals surface area contributed by atoms with Crippen molar-refractivity contribution < 1.29 is 4.74 Å². The first kappa shape index (κ1) is 13.3. The van der Waals surface area contributed by atoms with Gasteiger partial charge in [-0.1, -0.05) is 32.9 Å². The van der Waals surface area contributed by atoms with Crippen LogP contribution in [-0.2, 0) is 5.41 Å². The number of anilines is 1. The Hall–Kier alpha value is -2.17. The molecule has 0 aliphatic carbocycles. The Balaban J connectivity index is 2.60. The molecule has 0 aliphatic heterocycles. The summed E-state index contributed by atoms with van der Waals surface area (Å²) in [6, 6.07) is 7.58. The first-order chi connectivity index (χ1) is 8.91. The topological polar surface area (TPSA) is 73.9 Å². The van der Waals surface area contributed by atoms with Gasteiger partial charge in [0.25, 0.3) is 0 Å². The molecular weight excluding hydrogens is 240 g/mol. The molecule has 100 valence electrons. The zero-order chi connectivity index (χ0) is 14.0. The van der Waals surface area contributed by atoms with Gasteiger partial charge < -0.3 is 10.5 Å². The molecule has 0 unspecified atom stereocenters. The largest absolute Gasteiger partial charge is 0.496 e. The molecule has 0 saturated carbocycles. The Morgan fingerprint density at radius 2 is 1.74 bits per heavy atom. The standard InChI is InChI=1S/C14H18N4O/c1-14(2,3)12-16-11(17-13(15)18-12)9-7-5-6-8-10(9)19-4/h5-8H,1-4H3,(H2,15,16,17,18). The van der Waals surface area contributed by atoms with E-state index in [9.17, 15) is 0 Å². The average Bonchev–Trinajstić information content (AvgIpc) is 2.37. The number of methoxy groups -OCH3 is 1. The van der Waals surface area contributed by atoms with E-state index in [4.69, 9.17) is 10.5 Å². The highest BCUT2D eigenvalue weighted by atomic mass is 16.5. The number of para-hydroxylation sites is 1. The molecule has 0 bridgehead atoms. The van der Waals surface area contributed by atoms with E-state index in [2.05, 4.69) is 15.0 Å². The third-order valence-electron chi connectivity index (χ3n) is 2.67. The van der Waals surface area contributed by atoms with Crippen molar-refractivity contribution in [2.45, 2.75) is 26.2 Å². The van der Waals surface area contributed by atoms with Crippen molar-refractivity contribution in [3.63, 3.8) is 0 Å². The van der Waals surface area contributed by atoms with Crippen molar-refractivity contribution in [1.29, 1.82) is 0 Å². The molecular formula is C14H18N4O. The number of hydrogen-bond donors (Lipinski definition) is 1. The molecule has 5 heteroatoms. The maximum absolute atomic E-state index is 5.78. The molecule has 19 heavy (non-hydrogen) atoms. The minimum absolute atomic E-state index is 0.187. The highest BCUT2D eigenvalue weighted by molar-refractivity contribution is 5.64. The summed E-state index contributed by atoms with van der Waals surface area (Å²) in [6.07, 6.45) is 0. The Labute approximate surface area is 112 Å². The van der Waals surface area contributed by atoms with Crippen LogP contribution in [-0.4, -0.2) is 22.1 Å². The van der Waals surface area contributed by atoms with E-state index in [1.54, 1.807) is 7.11 Å². The normalized spacial score (nSPS) is 11.4. The zero-order valence-electron chi connectivity index (χ0n) is 11.6. The maximum Gasteiger partial charge on any atom is 0.223 e. The number of nitrogens with two attached hydrogens (primary N) is 1. The SMILES string of the molecule is COc1ccccc1-c1nc(N)nc(C(C)(C)C)n1. The summed E-state index contributed by atoms with van der Waals surface area (Å²) in [5, 5.41) is 0. The predicted molar refractivity (Wildman–Crippen MR) is 74.9 cm³/mol. The molecule has 0 atom stereocenters. The maximum atomic E-state index is 5.78. The summed E-state index contributed by atoms with van der Waals surface area (Å²) in [5.74, 6) is 2.14. The minimum Gasteiger partial charge on any atom is -0.496 e. The smallest absolute Gasteiger partial charge is 0.223 e. The Morgan fingerprint density at radius 1 is 1.05 bits per heavy atom. The summed E-state index contributed by atoms with van der Waals surface area (Å²) >= 11 is 0. The van der Waals surface area contributed by atoms with Crippen molar-refractivity contribution in [3.05, 3.63) is 30.1 Å². The molecule has 2 N–H and O–H groups in total. The van der Waals surface area contributed by atoms with E-state index in [0.717, 1.165) is 5.56 Å². The third-order valence-corrected chi connectivity index (χ3v) is 2.67. The van der Waals surface area contributed by atoms with Gasteiger partial charge in [-0.25, -0.2) is 4.98 Å². The van der Waals surface area contributed by atoms with Crippen LogP contribution in [0.25, 0.3) is 11.4 Å². The van der Waals surface area contributed by atoms with E-state index in [1.807, 2.05) is 45.0 Å². The van der Waals surface area contributed by atoms with Crippen molar-refractivity contribution in [3.8, 4) is 17.1 Å². The van der Waals surface area contributed by atoms with Gasteiger partial charge in [-0.15, -0.1) is 0 Å². The molecule has 1 aromatic heterocycles. The number of hydrogen-bond acceptors (Lipinski definition) is 5. The van der Waals surface area contributed by atoms with E-state index in [0.29, 0.717) is 17.4 Å². The van der Waals surface area contributed by atoms with Crippen molar-refractivity contribution in [1.82, 2.24) is 15.0 Å². The number of benzene rings is 1. The first-order valence-corrected chi connectivity index (χ1v) is 6.07. The van der Waals surface area contributed by atoms with Gasteiger partial charge in [-0.05, 0) is 12.1 Å². The van der Waals surface area contributed by atoms with Gasteiger partial charge in [0.05, 0.1) is 12.7 Å². The predicted octanol–water partition coefficient (Wildman–Crippen LogP) is 2.43. The summed E-state index contributed by atoms with van der Waals surface area (Å²) in [4.78, 5) is 12.9. The third kappa shape index (κ3) is 2.81. The van der Waals surface area contributed by atoms with Gasteiger partial charge in [-0.2, -0.15) is 9.97 Å². The zero-order valence-corrected chi connectivity index (χ0v) is 11.6. The number of ether oxygens (including phenoxy) is 1. The second-order valence-corrected chi connectivity index (χ2v) is 5.29. The van der Waals surface area contributed by atoms with Crippen LogP contribution in [0.15, 0.2) is 24.3 Å². The monoisotopic (exact) mass is 258 g/mol. The van der Waals surface area contributed by atoms with Crippen molar-refractivity contribution in [2.75, 3.05) is 12.8 Å². The fourth-order valence-electron chi connectivity index (χ4n) is 1.68. The van der Waals surface area contributed by atoms with Crippen molar-refractivity contribution >= 4 is 5.95 Å².